The van der Waals surface area contributed by atoms with Crippen LogP contribution in [0.25, 0.3) is 4.85 Å². The van der Waals surface area contributed by atoms with Gasteiger partial charge in [-0.2, -0.15) is 9.97 Å². The molecule has 1 heterocycles. The normalized spacial score (nSPS) is 9.29. The Kier molecular flexibility index (Phi) is 3.24. The van der Waals surface area contributed by atoms with Gasteiger partial charge in [-0.15, -0.1) is 0 Å². The third-order valence-corrected chi connectivity index (χ3v) is 1.79. The zero-order valence-electron chi connectivity index (χ0n) is 8.37. The molecule has 1 aromatic heterocycles. The molecule has 0 spiro atoms. The third-order valence-electron chi connectivity index (χ3n) is 1.79. The molecule has 0 saturated carbocycles. The SMILES string of the molecule is [C-]#[N+]Cc1nc(OC)nc(OC)c1C. The highest BCUT2D eigenvalue weighted by atomic mass is 16.5. The first kappa shape index (κ1) is 10.3. The van der Waals surface area contributed by atoms with Crippen LogP contribution >= 0.6 is 0 Å². The van der Waals surface area contributed by atoms with Gasteiger partial charge in [0.1, 0.15) is 5.69 Å². The summed E-state index contributed by atoms with van der Waals surface area (Å²) in [6, 6.07) is 0.228. The maximum atomic E-state index is 6.77. The van der Waals surface area contributed by atoms with Gasteiger partial charge < -0.3 is 14.3 Å². The van der Waals surface area contributed by atoms with Gasteiger partial charge in [0.25, 0.3) is 6.54 Å². The zero-order valence-corrected chi connectivity index (χ0v) is 8.37. The molecular weight excluding hydrogens is 182 g/mol. The Morgan fingerprint density at radius 3 is 2.50 bits per heavy atom. The van der Waals surface area contributed by atoms with Crippen LogP contribution in [-0.4, -0.2) is 24.2 Å². The summed E-state index contributed by atoms with van der Waals surface area (Å²) in [6.07, 6.45) is 0. The highest BCUT2D eigenvalue weighted by molar-refractivity contribution is 5.31. The lowest BCUT2D eigenvalue weighted by Gasteiger charge is -2.06. The Morgan fingerprint density at radius 1 is 1.29 bits per heavy atom. The second kappa shape index (κ2) is 4.42. The van der Waals surface area contributed by atoms with E-state index in [9.17, 15) is 0 Å². The lowest BCUT2D eigenvalue weighted by molar-refractivity contribution is 0.348. The van der Waals surface area contributed by atoms with E-state index in [1.165, 1.54) is 14.2 Å². The maximum Gasteiger partial charge on any atom is 0.319 e. The second-order valence-electron chi connectivity index (χ2n) is 2.61. The Labute approximate surface area is 82.5 Å². The fraction of sp³-hybridized carbons (Fsp3) is 0.444. The number of hydrogen-bond donors (Lipinski definition) is 0. The zero-order chi connectivity index (χ0) is 10.6. The van der Waals surface area contributed by atoms with Crippen molar-refractivity contribution in [3.05, 3.63) is 22.7 Å². The van der Waals surface area contributed by atoms with Crippen LogP contribution in [0, 0.1) is 13.5 Å². The molecule has 1 rings (SSSR count). The first-order chi connectivity index (χ1) is 6.72. The molecule has 74 valence electrons. The number of ether oxygens (including phenoxy) is 2. The molecule has 0 aromatic carbocycles. The van der Waals surface area contributed by atoms with Gasteiger partial charge in [0.15, 0.2) is 0 Å². The molecule has 0 unspecified atom stereocenters. The second-order valence-corrected chi connectivity index (χ2v) is 2.61. The standard InChI is InChI=1S/C9H11N3O2/c1-6-7(5-10-2)11-9(14-4)12-8(6)13-3/h5H2,1,3-4H3. The van der Waals surface area contributed by atoms with Crippen molar-refractivity contribution in [2.45, 2.75) is 13.5 Å². The quantitative estimate of drug-likeness (QED) is 0.677. The summed E-state index contributed by atoms with van der Waals surface area (Å²) < 4.78 is 9.93. The highest BCUT2D eigenvalue weighted by Gasteiger charge is 2.12. The highest BCUT2D eigenvalue weighted by Crippen LogP contribution is 2.20. The predicted molar refractivity (Wildman–Crippen MR) is 50.2 cm³/mol. The Balaban J connectivity index is 3.21. The molecule has 14 heavy (non-hydrogen) atoms. The summed E-state index contributed by atoms with van der Waals surface area (Å²) in [5.74, 6) is 0.454. The molecule has 0 radical (unpaired) electrons. The Hall–Kier alpha value is -1.83. The Morgan fingerprint density at radius 2 is 2.00 bits per heavy atom. The van der Waals surface area contributed by atoms with Crippen molar-refractivity contribution in [3.63, 3.8) is 0 Å². The van der Waals surface area contributed by atoms with Crippen LogP contribution in [0.4, 0.5) is 0 Å². The summed E-state index contributed by atoms with van der Waals surface area (Å²) >= 11 is 0. The minimum Gasteiger partial charge on any atom is -0.481 e. The van der Waals surface area contributed by atoms with Gasteiger partial charge in [0.05, 0.1) is 14.2 Å². The fourth-order valence-corrected chi connectivity index (χ4v) is 1.04. The van der Waals surface area contributed by atoms with Gasteiger partial charge in [0.2, 0.25) is 5.88 Å². The molecule has 0 atom stereocenters. The van der Waals surface area contributed by atoms with E-state index in [4.69, 9.17) is 16.0 Å². The van der Waals surface area contributed by atoms with Crippen molar-refractivity contribution in [2.75, 3.05) is 14.2 Å². The van der Waals surface area contributed by atoms with Crippen LogP contribution in [0.2, 0.25) is 0 Å². The van der Waals surface area contributed by atoms with Crippen LogP contribution in [0.1, 0.15) is 11.3 Å². The van der Waals surface area contributed by atoms with Gasteiger partial charge in [0, 0.05) is 5.56 Å². The topological polar surface area (TPSA) is 48.6 Å². The first-order valence-electron chi connectivity index (χ1n) is 4.01. The van der Waals surface area contributed by atoms with Crippen molar-refractivity contribution in [2.24, 2.45) is 0 Å². The van der Waals surface area contributed by atoms with Crippen molar-refractivity contribution in [1.29, 1.82) is 0 Å². The van der Waals surface area contributed by atoms with E-state index < -0.39 is 0 Å². The van der Waals surface area contributed by atoms with Gasteiger partial charge in [-0.3, -0.25) is 0 Å². The third kappa shape index (κ3) is 1.91. The summed E-state index contributed by atoms with van der Waals surface area (Å²) in [5.41, 5.74) is 1.42. The smallest absolute Gasteiger partial charge is 0.319 e. The first-order valence-corrected chi connectivity index (χ1v) is 4.01. The maximum absolute atomic E-state index is 6.77. The molecule has 0 aliphatic carbocycles. The summed E-state index contributed by atoms with van der Waals surface area (Å²) in [4.78, 5) is 11.3. The molecule has 1 aromatic rings. The van der Waals surface area contributed by atoms with Crippen LogP contribution in [0.15, 0.2) is 0 Å². The summed E-state index contributed by atoms with van der Waals surface area (Å²) in [6.45, 7) is 8.80. The van der Waals surface area contributed by atoms with Gasteiger partial charge in [-0.05, 0) is 6.92 Å². The van der Waals surface area contributed by atoms with Crippen molar-refractivity contribution < 1.29 is 9.47 Å². The van der Waals surface area contributed by atoms with Crippen LogP contribution in [0.5, 0.6) is 11.9 Å². The Bertz CT molecular complexity index is 371. The number of methoxy groups -OCH3 is 2. The monoisotopic (exact) mass is 193 g/mol. The van der Waals surface area contributed by atoms with Crippen molar-refractivity contribution in [1.82, 2.24) is 9.97 Å². The van der Waals surface area contributed by atoms with Crippen molar-refractivity contribution >= 4 is 0 Å². The molecule has 0 N–H and O–H groups in total. The van der Waals surface area contributed by atoms with E-state index in [0.717, 1.165) is 5.56 Å². The largest absolute Gasteiger partial charge is 0.481 e. The van der Waals surface area contributed by atoms with E-state index >= 15 is 0 Å². The predicted octanol–water partition coefficient (Wildman–Crippen LogP) is 1.22. The summed E-state index contributed by atoms with van der Waals surface area (Å²) in [7, 11) is 3.00. The fourth-order valence-electron chi connectivity index (χ4n) is 1.04. The molecule has 0 fully saturated rings. The van der Waals surface area contributed by atoms with E-state index in [1.54, 1.807) is 0 Å². The molecule has 5 heteroatoms. The number of aromatic nitrogens is 2. The summed E-state index contributed by atoms with van der Waals surface area (Å²) in [5, 5.41) is 0. The average Bonchev–Trinajstić information content (AvgIpc) is 2.21. The molecule has 0 aliphatic heterocycles. The van der Waals surface area contributed by atoms with E-state index in [2.05, 4.69) is 14.8 Å². The van der Waals surface area contributed by atoms with Crippen LogP contribution < -0.4 is 9.47 Å². The molecule has 0 saturated heterocycles. The number of rotatable bonds is 3. The molecule has 0 bridgehead atoms. The van der Waals surface area contributed by atoms with Gasteiger partial charge in [-0.1, -0.05) is 0 Å². The molecule has 5 nitrogen and oxygen atoms in total. The minimum atomic E-state index is 0.209. The number of hydrogen-bond acceptors (Lipinski definition) is 4. The van der Waals surface area contributed by atoms with Crippen LogP contribution in [-0.2, 0) is 6.54 Å². The molecule has 0 amide bonds. The average molecular weight is 193 g/mol. The van der Waals surface area contributed by atoms with Gasteiger partial charge >= 0.3 is 6.01 Å². The van der Waals surface area contributed by atoms with Crippen molar-refractivity contribution in [3.8, 4) is 11.9 Å². The van der Waals surface area contributed by atoms with Crippen LogP contribution in [0.3, 0.4) is 0 Å². The number of nitrogens with zero attached hydrogens (tertiary/aromatic N) is 3. The van der Waals surface area contributed by atoms with E-state index in [0.29, 0.717) is 11.6 Å². The lowest BCUT2D eigenvalue weighted by atomic mass is 10.2. The van der Waals surface area contributed by atoms with Gasteiger partial charge in [-0.25, -0.2) is 6.57 Å². The molecular formula is C9H11N3O2. The van der Waals surface area contributed by atoms with E-state index in [1.807, 2.05) is 6.92 Å². The minimum absolute atomic E-state index is 0.209. The van der Waals surface area contributed by atoms with E-state index in [-0.39, 0.29) is 12.6 Å². The lowest BCUT2D eigenvalue weighted by Crippen LogP contribution is -2.02. The molecule has 0 aliphatic rings.